The minimum Gasteiger partial charge on any atom is -0.255 e. The molecule has 0 unspecified atom stereocenters. The minimum absolute atomic E-state index is 0.103. The van der Waals surface area contributed by atoms with E-state index in [1.807, 2.05) is 22.6 Å². The van der Waals surface area contributed by atoms with E-state index in [1.54, 1.807) is 13.0 Å². The number of alkyl halides is 3. The van der Waals surface area contributed by atoms with E-state index < -0.39 is 11.7 Å². The molecule has 90 valence electrons. The van der Waals surface area contributed by atoms with Gasteiger partial charge in [0.05, 0.1) is 16.1 Å². The third-order valence-corrected chi connectivity index (χ3v) is 3.47. The van der Waals surface area contributed by atoms with Crippen molar-refractivity contribution in [2.75, 3.05) is 0 Å². The summed E-state index contributed by atoms with van der Waals surface area (Å²) in [6.07, 6.45) is -3.07. The van der Waals surface area contributed by atoms with Crippen LogP contribution in [-0.4, -0.2) is 4.98 Å². The SMILES string of the molecule is Cc1cnc2c(C(F)(F)F)cc(I)cc2c1Cl. The molecule has 2 aromatic rings. The Bertz CT molecular complexity index is 595. The van der Waals surface area contributed by atoms with Gasteiger partial charge in [0.2, 0.25) is 0 Å². The molecule has 1 heterocycles. The number of rotatable bonds is 0. The first-order chi connectivity index (χ1) is 7.80. The normalized spacial score (nSPS) is 12.1. The Morgan fingerprint density at radius 2 is 1.94 bits per heavy atom. The number of nitrogens with zero attached hydrogens (tertiary/aromatic N) is 1. The molecular weight excluding hydrogens is 365 g/mol. The Morgan fingerprint density at radius 1 is 1.29 bits per heavy atom. The van der Waals surface area contributed by atoms with E-state index in [2.05, 4.69) is 4.98 Å². The molecule has 6 heteroatoms. The van der Waals surface area contributed by atoms with Gasteiger partial charge < -0.3 is 0 Å². The van der Waals surface area contributed by atoms with Gasteiger partial charge >= 0.3 is 6.18 Å². The van der Waals surface area contributed by atoms with Crippen LogP contribution >= 0.6 is 34.2 Å². The van der Waals surface area contributed by atoms with Gasteiger partial charge in [-0.15, -0.1) is 0 Å². The van der Waals surface area contributed by atoms with Gasteiger partial charge in [-0.05, 0) is 47.2 Å². The molecule has 0 aliphatic rings. The fraction of sp³-hybridized carbons (Fsp3) is 0.182. The van der Waals surface area contributed by atoms with Gasteiger partial charge in [0.1, 0.15) is 0 Å². The Morgan fingerprint density at radius 3 is 2.53 bits per heavy atom. The molecule has 0 amide bonds. The Balaban J connectivity index is 2.92. The molecule has 0 aliphatic heterocycles. The molecule has 0 saturated heterocycles. The summed E-state index contributed by atoms with van der Waals surface area (Å²) in [5.74, 6) is 0. The van der Waals surface area contributed by atoms with Crippen molar-refractivity contribution in [2.24, 2.45) is 0 Å². The maximum atomic E-state index is 12.8. The van der Waals surface area contributed by atoms with Crippen LogP contribution in [0.15, 0.2) is 18.3 Å². The van der Waals surface area contributed by atoms with Crippen LogP contribution in [0.1, 0.15) is 11.1 Å². The number of halogens is 5. The van der Waals surface area contributed by atoms with Gasteiger partial charge in [0.15, 0.2) is 0 Å². The van der Waals surface area contributed by atoms with Crippen molar-refractivity contribution in [1.82, 2.24) is 4.98 Å². The average Bonchev–Trinajstić information content (AvgIpc) is 2.22. The summed E-state index contributed by atoms with van der Waals surface area (Å²) < 4.78 is 39.0. The van der Waals surface area contributed by atoms with Crippen molar-refractivity contribution in [2.45, 2.75) is 13.1 Å². The van der Waals surface area contributed by atoms with E-state index in [9.17, 15) is 13.2 Å². The minimum atomic E-state index is -4.43. The number of benzene rings is 1. The number of hydrogen-bond acceptors (Lipinski definition) is 1. The van der Waals surface area contributed by atoms with Crippen molar-refractivity contribution >= 4 is 45.1 Å². The molecule has 0 N–H and O–H groups in total. The molecule has 0 atom stereocenters. The lowest BCUT2D eigenvalue weighted by atomic mass is 10.1. The van der Waals surface area contributed by atoms with E-state index in [0.717, 1.165) is 6.07 Å². The standard InChI is InChI=1S/C11H6ClF3IN/c1-5-4-17-10-7(9(5)12)2-6(16)3-8(10)11(13,14)15/h2-4H,1H3. The molecule has 0 saturated carbocycles. The maximum absolute atomic E-state index is 12.8. The summed E-state index contributed by atoms with van der Waals surface area (Å²) in [7, 11) is 0. The number of aryl methyl sites for hydroxylation is 1. The van der Waals surface area contributed by atoms with Crippen LogP contribution in [-0.2, 0) is 6.18 Å². The van der Waals surface area contributed by atoms with E-state index >= 15 is 0 Å². The highest BCUT2D eigenvalue weighted by molar-refractivity contribution is 14.1. The molecule has 2 rings (SSSR count). The monoisotopic (exact) mass is 371 g/mol. The first-order valence-electron chi connectivity index (χ1n) is 4.62. The first kappa shape index (κ1) is 12.9. The van der Waals surface area contributed by atoms with E-state index in [4.69, 9.17) is 11.6 Å². The van der Waals surface area contributed by atoms with Crippen LogP contribution in [0.25, 0.3) is 10.9 Å². The maximum Gasteiger partial charge on any atom is 0.418 e. The largest absolute Gasteiger partial charge is 0.418 e. The molecule has 1 nitrogen and oxygen atoms in total. The number of hydrogen-bond donors (Lipinski definition) is 0. The van der Waals surface area contributed by atoms with Gasteiger partial charge in [-0.25, -0.2) is 0 Å². The van der Waals surface area contributed by atoms with E-state index in [1.165, 1.54) is 6.20 Å². The first-order valence-corrected chi connectivity index (χ1v) is 6.08. The molecule has 1 aromatic heterocycles. The summed E-state index contributed by atoms with van der Waals surface area (Å²) in [4.78, 5) is 3.84. The number of pyridine rings is 1. The summed E-state index contributed by atoms with van der Waals surface area (Å²) >= 11 is 7.84. The summed E-state index contributed by atoms with van der Waals surface area (Å²) in [5.41, 5.74) is -0.191. The lowest BCUT2D eigenvalue weighted by molar-refractivity contribution is -0.136. The van der Waals surface area contributed by atoms with Gasteiger partial charge in [0, 0.05) is 15.2 Å². The fourth-order valence-electron chi connectivity index (χ4n) is 1.55. The summed E-state index contributed by atoms with van der Waals surface area (Å²) in [6, 6.07) is 2.68. The molecule has 0 aliphatic carbocycles. The van der Waals surface area contributed by atoms with Crippen molar-refractivity contribution in [1.29, 1.82) is 0 Å². The third kappa shape index (κ3) is 2.35. The highest BCUT2D eigenvalue weighted by Crippen LogP contribution is 2.37. The fourth-order valence-corrected chi connectivity index (χ4v) is 2.37. The molecule has 0 spiro atoms. The van der Waals surface area contributed by atoms with Gasteiger partial charge in [-0.3, -0.25) is 4.98 Å². The Hall–Kier alpha value is -0.560. The zero-order valence-corrected chi connectivity index (χ0v) is 11.5. The van der Waals surface area contributed by atoms with Gasteiger partial charge in [-0.1, -0.05) is 11.6 Å². The van der Waals surface area contributed by atoms with Gasteiger partial charge in [0.25, 0.3) is 0 Å². The molecular formula is C11H6ClF3IN. The van der Waals surface area contributed by atoms with Crippen molar-refractivity contribution in [3.8, 4) is 0 Å². The predicted molar refractivity (Wildman–Crippen MR) is 69.2 cm³/mol. The van der Waals surface area contributed by atoms with Crippen LogP contribution in [0.4, 0.5) is 13.2 Å². The second-order valence-electron chi connectivity index (χ2n) is 3.60. The van der Waals surface area contributed by atoms with Crippen molar-refractivity contribution in [3.63, 3.8) is 0 Å². The summed E-state index contributed by atoms with van der Waals surface area (Å²) in [5, 5.41) is 0.657. The van der Waals surface area contributed by atoms with Crippen LogP contribution in [0.3, 0.4) is 0 Å². The zero-order valence-electron chi connectivity index (χ0n) is 8.57. The second-order valence-corrected chi connectivity index (χ2v) is 5.23. The highest BCUT2D eigenvalue weighted by Gasteiger charge is 2.34. The molecule has 0 radical (unpaired) electrons. The Kier molecular flexibility index (Phi) is 3.24. The lowest BCUT2D eigenvalue weighted by Crippen LogP contribution is -2.07. The van der Waals surface area contributed by atoms with Crippen LogP contribution in [0.5, 0.6) is 0 Å². The lowest BCUT2D eigenvalue weighted by Gasteiger charge is -2.12. The van der Waals surface area contributed by atoms with Gasteiger partial charge in [-0.2, -0.15) is 13.2 Å². The molecule has 0 bridgehead atoms. The quantitative estimate of drug-likeness (QED) is 0.605. The van der Waals surface area contributed by atoms with Crippen molar-refractivity contribution in [3.05, 3.63) is 38.0 Å². The molecule has 1 aromatic carbocycles. The topological polar surface area (TPSA) is 12.9 Å². The number of fused-ring (bicyclic) bond motifs is 1. The second kappa shape index (κ2) is 4.28. The smallest absolute Gasteiger partial charge is 0.255 e. The van der Waals surface area contributed by atoms with Crippen molar-refractivity contribution < 1.29 is 13.2 Å². The molecule has 17 heavy (non-hydrogen) atoms. The van der Waals surface area contributed by atoms with Crippen LogP contribution in [0.2, 0.25) is 5.02 Å². The zero-order chi connectivity index (χ0) is 12.8. The third-order valence-electron chi connectivity index (χ3n) is 2.35. The highest BCUT2D eigenvalue weighted by atomic mass is 127. The van der Waals surface area contributed by atoms with E-state index in [0.29, 0.717) is 19.5 Å². The number of aromatic nitrogens is 1. The molecule has 0 fully saturated rings. The predicted octanol–water partition coefficient (Wildman–Crippen LogP) is 4.82. The van der Waals surface area contributed by atoms with E-state index in [-0.39, 0.29) is 5.52 Å². The average molecular weight is 372 g/mol. The summed E-state index contributed by atoms with van der Waals surface area (Å²) in [6.45, 7) is 1.71. The van der Waals surface area contributed by atoms with Crippen LogP contribution < -0.4 is 0 Å². The van der Waals surface area contributed by atoms with Crippen LogP contribution in [0, 0.1) is 10.5 Å². The Labute approximate surface area is 114 Å².